The highest BCUT2D eigenvalue weighted by molar-refractivity contribution is 5.35. The van der Waals surface area contributed by atoms with Gasteiger partial charge >= 0.3 is 6.18 Å². The third-order valence-corrected chi connectivity index (χ3v) is 5.49. The number of rotatable bonds is 6. The number of para-hydroxylation sites is 2. The Hall–Kier alpha value is -2.21. The maximum absolute atomic E-state index is 13.1. The number of nitrogens with zero attached hydrogens (tertiary/aromatic N) is 1. The monoisotopic (exact) mass is 407 g/mol. The standard InChI is InChI=1S/C23H28F3NO2/c1-17-15-22(3,29-19-9-5-4-6-10-19)16-18(2)27(17)13-14-28-21-12-8-7-11-20(21)23(24,25)26/h4-12,17-18H,13-16H2,1-3H3/t17-,18?,22-/m1/s1. The third-order valence-electron chi connectivity index (χ3n) is 5.49. The zero-order valence-corrected chi connectivity index (χ0v) is 17.1. The van der Waals surface area contributed by atoms with Crippen LogP contribution in [0.15, 0.2) is 54.6 Å². The van der Waals surface area contributed by atoms with E-state index in [1.54, 1.807) is 6.07 Å². The summed E-state index contributed by atoms with van der Waals surface area (Å²) in [4.78, 5) is 2.28. The van der Waals surface area contributed by atoms with Gasteiger partial charge in [-0.25, -0.2) is 0 Å². The number of alkyl halides is 3. The molecule has 2 aromatic rings. The first-order valence-electron chi connectivity index (χ1n) is 9.97. The van der Waals surface area contributed by atoms with E-state index in [-0.39, 0.29) is 30.0 Å². The smallest absolute Gasteiger partial charge is 0.419 e. The minimum Gasteiger partial charge on any atom is -0.492 e. The number of hydrogen-bond donors (Lipinski definition) is 0. The highest BCUT2D eigenvalue weighted by Crippen LogP contribution is 2.37. The topological polar surface area (TPSA) is 21.7 Å². The largest absolute Gasteiger partial charge is 0.492 e. The molecule has 3 rings (SSSR count). The van der Waals surface area contributed by atoms with E-state index in [0.717, 1.165) is 24.7 Å². The maximum atomic E-state index is 13.1. The van der Waals surface area contributed by atoms with Crippen molar-refractivity contribution in [3.63, 3.8) is 0 Å². The van der Waals surface area contributed by atoms with E-state index in [1.807, 2.05) is 30.3 Å². The number of likely N-dealkylation sites (tertiary alicyclic amines) is 1. The summed E-state index contributed by atoms with van der Waals surface area (Å²) in [5.41, 5.74) is -1.01. The molecule has 1 heterocycles. The van der Waals surface area contributed by atoms with Crippen LogP contribution in [0.2, 0.25) is 0 Å². The Kier molecular flexibility index (Phi) is 6.42. The Labute approximate surface area is 170 Å². The van der Waals surface area contributed by atoms with Gasteiger partial charge in [0, 0.05) is 31.5 Å². The molecule has 0 radical (unpaired) electrons. The van der Waals surface area contributed by atoms with E-state index >= 15 is 0 Å². The Bertz CT molecular complexity index is 782. The summed E-state index contributed by atoms with van der Waals surface area (Å²) in [7, 11) is 0. The van der Waals surface area contributed by atoms with Crippen molar-refractivity contribution in [1.29, 1.82) is 0 Å². The third kappa shape index (κ3) is 5.44. The fourth-order valence-electron chi connectivity index (χ4n) is 4.39. The zero-order valence-electron chi connectivity index (χ0n) is 17.1. The summed E-state index contributed by atoms with van der Waals surface area (Å²) in [6.07, 6.45) is -2.74. The number of ether oxygens (including phenoxy) is 2. The normalized spacial score (nSPS) is 25.6. The molecule has 0 N–H and O–H groups in total. The summed E-state index contributed by atoms with van der Waals surface area (Å²) in [6.45, 7) is 7.16. The van der Waals surface area contributed by atoms with Crippen LogP contribution in [-0.2, 0) is 6.18 Å². The van der Waals surface area contributed by atoms with Crippen LogP contribution in [0.4, 0.5) is 13.2 Å². The molecule has 1 fully saturated rings. The second-order valence-electron chi connectivity index (χ2n) is 8.05. The van der Waals surface area contributed by atoms with Crippen molar-refractivity contribution in [1.82, 2.24) is 4.90 Å². The second-order valence-corrected chi connectivity index (χ2v) is 8.05. The van der Waals surface area contributed by atoms with E-state index in [9.17, 15) is 13.2 Å². The lowest BCUT2D eigenvalue weighted by atomic mass is 9.84. The molecule has 0 spiro atoms. The molecule has 3 atom stereocenters. The van der Waals surface area contributed by atoms with Gasteiger partial charge < -0.3 is 9.47 Å². The molecule has 1 unspecified atom stereocenters. The molecule has 2 aromatic carbocycles. The van der Waals surface area contributed by atoms with Crippen molar-refractivity contribution in [2.45, 2.75) is 57.5 Å². The number of hydrogen-bond acceptors (Lipinski definition) is 3. The van der Waals surface area contributed by atoms with Crippen molar-refractivity contribution >= 4 is 0 Å². The van der Waals surface area contributed by atoms with Crippen LogP contribution < -0.4 is 9.47 Å². The van der Waals surface area contributed by atoms with Gasteiger partial charge in [0.2, 0.25) is 0 Å². The highest BCUT2D eigenvalue weighted by atomic mass is 19.4. The predicted molar refractivity (Wildman–Crippen MR) is 107 cm³/mol. The van der Waals surface area contributed by atoms with E-state index in [0.29, 0.717) is 6.54 Å². The van der Waals surface area contributed by atoms with Crippen molar-refractivity contribution in [2.24, 2.45) is 0 Å². The average molecular weight is 407 g/mol. The molecule has 0 aliphatic carbocycles. The molecule has 3 nitrogen and oxygen atoms in total. The molecule has 6 heteroatoms. The first kappa shape index (κ1) is 21.5. The van der Waals surface area contributed by atoms with Crippen molar-refractivity contribution < 1.29 is 22.6 Å². The SMILES string of the molecule is CC1C[C@](C)(Oc2ccccc2)C[C@@H](C)N1CCOc1ccccc1C(F)(F)F. The molecule has 0 bridgehead atoms. The lowest BCUT2D eigenvalue weighted by Gasteiger charge is -2.47. The summed E-state index contributed by atoms with van der Waals surface area (Å²) in [6, 6.07) is 15.6. The summed E-state index contributed by atoms with van der Waals surface area (Å²) < 4.78 is 51.1. The maximum Gasteiger partial charge on any atom is 0.419 e. The molecule has 1 aliphatic heterocycles. The Balaban J connectivity index is 1.58. The fraction of sp³-hybridized carbons (Fsp3) is 0.478. The first-order valence-corrected chi connectivity index (χ1v) is 9.97. The van der Waals surface area contributed by atoms with Crippen LogP contribution in [0.25, 0.3) is 0 Å². The number of benzene rings is 2. The predicted octanol–water partition coefficient (Wildman–Crippen LogP) is 5.79. The van der Waals surface area contributed by atoms with Gasteiger partial charge in [-0.1, -0.05) is 30.3 Å². The number of halogens is 3. The van der Waals surface area contributed by atoms with Gasteiger partial charge in [-0.3, -0.25) is 4.90 Å². The Morgan fingerprint density at radius 1 is 0.966 bits per heavy atom. The fourth-order valence-corrected chi connectivity index (χ4v) is 4.39. The molecule has 1 aliphatic rings. The molecule has 158 valence electrons. The average Bonchev–Trinajstić information content (AvgIpc) is 2.64. The van der Waals surface area contributed by atoms with E-state index in [4.69, 9.17) is 9.47 Å². The first-order chi connectivity index (χ1) is 13.7. The van der Waals surface area contributed by atoms with Gasteiger partial charge in [0.05, 0.1) is 5.56 Å². The minimum absolute atomic E-state index is 0.116. The minimum atomic E-state index is -4.42. The summed E-state index contributed by atoms with van der Waals surface area (Å²) in [5.74, 6) is 0.740. The molecular formula is C23H28F3NO2. The van der Waals surface area contributed by atoms with Crippen LogP contribution in [-0.4, -0.2) is 35.7 Å². The van der Waals surface area contributed by atoms with E-state index in [2.05, 4.69) is 25.7 Å². The van der Waals surface area contributed by atoms with Crippen LogP contribution >= 0.6 is 0 Å². The van der Waals surface area contributed by atoms with Crippen molar-refractivity contribution in [3.05, 3.63) is 60.2 Å². The Morgan fingerprint density at radius 2 is 1.55 bits per heavy atom. The van der Waals surface area contributed by atoms with Gasteiger partial charge in [-0.05, 0) is 45.0 Å². The molecule has 0 saturated carbocycles. The lowest BCUT2D eigenvalue weighted by Crippen LogP contribution is -2.55. The highest BCUT2D eigenvalue weighted by Gasteiger charge is 2.40. The number of piperidine rings is 1. The lowest BCUT2D eigenvalue weighted by molar-refractivity contribution is -0.139. The summed E-state index contributed by atoms with van der Waals surface area (Å²) in [5, 5.41) is 0. The summed E-state index contributed by atoms with van der Waals surface area (Å²) >= 11 is 0. The van der Waals surface area contributed by atoms with Crippen LogP contribution in [0.3, 0.4) is 0 Å². The molecule has 0 aromatic heterocycles. The molecule has 29 heavy (non-hydrogen) atoms. The second kappa shape index (κ2) is 8.66. The van der Waals surface area contributed by atoms with E-state index < -0.39 is 11.7 Å². The molecular weight excluding hydrogens is 379 g/mol. The van der Waals surface area contributed by atoms with Crippen LogP contribution in [0.5, 0.6) is 11.5 Å². The van der Waals surface area contributed by atoms with Gasteiger partial charge in [-0.2, -0.15) is 13.2 Å². The van der Waals surface area contributed by atoms with Gasteiger partial charge in [0.1, 0.15) is 23.7 Å². The molecule has 1 saturated heterocycles. The van der Waals surface area contributed by atoms with Gasteiger partial charge in [-0.15, -0.1) is 0 Å². The van der Waals surface area contributed by atoms with Crippen LogP contribution in [0.1, 0.15) is 39.2 Å². The Morgan fingerprint density at radius 3 is 2.17 bits per heavy atom. The van der Waals surface area contributed by atoms with Gasteiger partial charge in [0.25, 0.3) is 0 Å². The van der Waals surface area contributed by atoms with E-state index in [1.165, 1.54) is 12.1 Å². The van der Waals surface area contributed by atoms with Crippen LogP contribution in [0, 0.1) is 0 Å². The van der Waals surface area contributed by atoms with Crippen molar-refractivity contribution in [3.8, 4) is 11.5 Å². The quantitative estimate of drug-likeness (QED) is 0.605. The van der Waals surface area contributed by atoms with Crippen molar-refractivity contribution in [2.75, 3.05) is 13.2 Å². The zero-order chi connectivity index (χ0) is 21.1. The molecule has 0 amide bonds. The van der Waals surface area contributed by atoms with Gasteiger partial charge in [0.15, 0.2) is 0 Å².